The number of hydrogen-bond acceptors (Lipinski definition) is 4. The maximum absolute atomic E-state index is 12.2. The van der Waals surface area contributed by atoms with Gasteiger partial charge in [-0.1, -0.05) is 24.3 Å². The van der Waals surface area contributed by atoms with E-state index < -0.39 is 5.91 Å². The molecule has 0 heterocycles. The molecule has 6 nitrogen and oxygen atoms in total. The lowest BCUT2D eigenvalue weighted by Gasteiger charge is -2.08. The Morgan fingerprint density at radius 3 is 2.46 bits per heavy atom. The molecule has 0 aliphatic rings. The van der Waals surface area contributed by atoms with E-state index in [1.54, 1.807) is 31.4 Å². The number of primary amides is 1. The Morgan fingerprint density at radius 2 is 1.79 bits per heavy atom. The van der Waals surface area contributed by atoms with Crippen molar-refractivity contribution in [1.29, 1.82) is 0 Å². The van der Waals surface area contributed by atoms with Crippen LogP contribution in [0.25, 0.3) is 0 Å². The van der Waals surface area contributed by atoms with E-state index in [4.69, 9.17) is 15.2 Å². The van der Waals surface area contributed by atoms with E-state index in [0.29, 0.717) is 24.5 Å². The van der Waals surface area contributed by atoms with Crippen molar-refractivity contribution in [2.24, 2.45) is 5.73 Å². The lowest BCUT2D eigenvalue weighted by atomic mass is 10.1. The number of carbonyl (C=O) groups is 2. The monoisotopic (exact) mass is 328 g/mol. The maximum atomic E-state index is 12.2. The summed E-state index contributed by atoms with van der Waals surface area (Å²) in [7, 11) is 1.64. The Hall–Kier alpha value is -2.86. The average molecular weight is 328 g/mol. The van der Waals surface area contributed by atoms with E-state index in [1.807, 2.05) is 24.3 Å². The first-order chi connectivity index (χ1) is 11.6. The molecule has 2 amide bonds. The van der Waals surface area contributed by atoms with Crippen LogP contribution in [-0.4, -0.2) is 25.5 Å². The second-order valence-corrected chi connectivity index (χ2v) is 5.22. The van der Waals surface area contributed by atoms with Gasteiger partial charge in [-0.2, -0.15) is 0 Å². The number of ether oxygens (including phenoxy) is 2. The first kappa shape index (κ1) is 17.5. The standard InChI is InChI=1S/C18H20N2O4/c1-23-11-14-4-2-3-13(9-14)10-20-18(22)15-5-7-16(8-6-15)24-12-17(19)21/h2-9H,10-12H2,1H3,(H2,19,21)(H,20,22). The Kier molecular flexibility index (Phi) is 6.33. The number of methoxy groups -OCH3 is 1. The molecule has 0 aromatic heterocycles. The van der Waals surface area contributed by atoms with Crippen molar-refractivity contribution in [3.05, 3.63) is 65.2 Å². The molecule has 2 aromatic carbocycles. The summed E-state index contributed by atoms with van der Waals surface area (Å²) in [5.41, 5.74) is 7.57. The fraction of sp³-hybridized carbons (Fsp3) is 0.222. The highest BCUT2D eigenvalue weighted by molar-refractivity contribution is 5.94. The van der Waals surface area contributed by atoms with Crippen LogP contribution in [0.4, 0.5) is 0 Å². The minimum absolute atomic E-state index is 0.186. The molecule has 3 N–H and O–H groups in total. The lowest BCUT2D eigenvalue weighted by Crippen LogP contribution is -2.23. The molecule has 6 heteroatoms. The molecule has 2 aromatic rings. The topological polar surface area (TPSA) is 90.7 Å². The number of rotatable bonds is 8. The van der Waals surface area contributed by atoms with Gasteiger partial charge >= 0.3 is 0 Å². The van der Waals surface area contributed by atoms with Crippen LogP contribution in [0, 0.1) is 0 Å². The van der Waals surface area contributed by atoms with E-state index in [9.17, 15) is 9.59 Å². The molecule has 24 heavy (non-hydrogen) atoms. The van der Waals surface area contributed by atoms with Gasteiger partial charge in [0.1, 0.15) is 5.75 Å². The van der Waals surface area contributed by atoms with Crippen molar-refractivity contribution >= 4 is 11.8 Å². The molecule has 0 atom stereocenters. The molecule has 2 rings (SSSR count). The predicted molar refractivity (Wildman–Crippen MR) is 89.5 cm³/mol. The zero-order valence-corrected chi connectivity index (χ0v) is 13.5. The van der Waals surface area contributed by atoms with Crippen LogP contribution in [0.1, 0.15) is 21.5 Å². The van der Waals surface area contributed by atoms with Crippen LogP contribution >= 0.6 is 0 Å². The number of benzene rings is 2. The quantitative estimate of drug-likeness (QED) is 0.770. The normalized spacial score (nSPS) is 10.2. The summed E-state index contributed by atoms with van der Waals surface area (Å²) < 4.78 is 10.2. The van der Waals surface area contributed by atoms with Crippen molar-refractivity contribution in [1.82, 2.24) is 5.32 Å². The number of nitrogens with one attached hydrogen (secondary N) is 1. The van der Waals surface area contributed by atoms with Gasteiger partial charge in [-0.25, -0.2) is 0 Å². The van der Waals surface area contributed by atoms with Gasteiger partial charge in [0.25, 0.3) is 11.8 Å². The maximum Gasteiger partial charge on any atom is 0.255 e. The molecular formula is C18H20N2O4. The number of carbonyl (C=O) groups excluding carboxylic acids is 2. The Bertz CT molecular complexity index is 698. The Morgan fingerprint density at radius 1 is 1.08 bits per heavy atom. The van der Waals surface area contributed by atoms with Gasteiger partial charge in [0, 0.05) is 19.2 Å². The fourth-order valence-electron chi connectivity index (χ4n) is 2.14. The first-order valence-electron chi connectivity index (χ1n) is 7.44. The SMILES string of the molecule is COCc1cccc(CNC(=O)c2ccc(OCC(N)=O)cc2)c1. The first-order valence-corrected chi connectivity index (χ1v) is 7.44. The van der Waals surface area contributed by atoms with E-state index in [2.05, 4.69) is 5.32 Å². The summed E-state index contributed by atoms with van der Waals surface area (Å²) in [6.07, 6.45) is 0. The lowest BCUT2D eigenvalue weighted by molar-refractivity contribution is -0.119. The summed E-state index contributed by atoms with van der Waals surface area (Å²) in [6, 6.07) is 14.3. The molecule has 0 radical (unpaired) electrons. The largest absolute Gasteiger partial charge is 0.484 e. The number of hydrogen-bond donors (Lipinski definition) is 2. The number of nitrogens with two attached hydrogens (primary N) is 1. The van der Waals surface area contributed by atoms with Gasteiger partial charge in [-0.3, -0.25) is 9.59 Å². The molecule has 126 valence electrons. The van der Waals surface area contributed by atoms with Crippen LogP contribution in [0.5, 0.6) is 5.75 Å². The van der Waals surface area contributed by atoms with E-state index >= 15 is 0 Å². The molecule has 0 bridgehead atoms. The average Bonchev–Trinajstić information content (AvgIpc) is 2.59. The number of amides is 2. The van der Waals surface area contributed by atoms with Crippen molar-refractivity contribution in [2.45, 2.75) is 13.2 Å². The highest BCUT2D eigenvalue weighted by Gasteiger charge is 2.06. The molecule has 0 unspecified atom stereocenters. The van der Waals surface area contributed by atoms with Crippen molar-refractivity contribution in [3.8, 4) is 5.75 Å². The van der Waals surface area contributed by atoms with Crippen LogP contribution in [0.3, 0.4) is 0 Å². The Labute approximate surface area is 140 Å². The predicted octanol–water partition coefficient (Wildman–Crippen LogP) is 1.63. The zero-order valence-electron chi connectivity index (χ0n) is 13.5. The van der Waals surface area contributed by atoms with Crippen LogP contribution < -0.4 is 15.8 Å². The van der Waals surface area contributed by atoms with Crippen molar-refractivity contribution in [3.63, 3.8) is 0 Å². The van der Waals surface area contributed by atoms with E-state index in [-0.39, 0.29) is 12.5 Å². The molecule has 0 saturated carbocycles. The van der Waals surface area contributed by atoms with Crippen molar-refractivity contribution in [2.75, 3.05) is 13.7 Å². The van der Waals surface area contributed by atoms with Gasteiger partial charge in [0.05, 0.1) is 6.61 Å². The minimum atomic E-state index is -0.549. The van der Waals surface area contributed by atoms with Crippen molar-refractivity contribution < 1.29 is 19.1 Å². The summed E-state index contributed by atoms with van der Waals surface area (Å²) in [4.78, 5) is 22.8. The van der Waals surface area contributed by atoms with Crippen LogP contribution in [0.2, 0.25) is 0 Å². The summed E-state index contributed by atoms with van der Waals surface area (Å²) in [5, 5.41) is 2.86. The van der Waals surface area contributed by atoms with Gasteiger partial charge in [-0.05, 0) is 35.4 Å². The molecule has 0 fully saturated rings. The molecule has 0 aliphatic carbocycles. The smallest absolute Gasteiger partial charge is 0.255 e. The van der Waals surface area contributed by atoms with Gasteiger partial charge < -0.3 is 20.5 Å². The Balaban J connectivity index is 1.90. The third-order valence-corrected chi connectivity index (χ3v) is 3.25. The van der Waals surface area contributed by atoms with Gasteiger partial charge in [0.15, 0.2) is 6.61 Å². The molecule has 0 saturated heterocycles. The van der Waals surface area contributed by atoms with Gasteiger partial charge in [0.2, 0.25) is 0 Å². The third kappa shape index (κ3) is 5.40. The van der Waals surface area contributed by atoms with Crippen LogP contribution in [0.15, 0.2) is 48.5 Å². The molecule has 0 aliphatic heterocycles. The highest BCUT2D eigenvalue weighted by atomic mass is 16.5. The third-order valence-electron chi connectivity index (χ3n) is 3.25. The summed E-state index contributed by atoms with van der Waals surface area (Å²) in [5.74, 6) is -0.251. The molecular weight excluding hydrogens is 308 g/mol. The molecule has 0 spiro atoms. The highest BCUT2D eigenvalue weighted by Crippen LogP contribution is 2.12. The van der Waals surface area contributed by atoms with E-state index in [0.717, 1.165) is 11.1 Å². The summed E-state index contributed by atoms with van der Waals surface area (Å²) in [6.45, 7) is 0.772. The summed E-state index contributed by atoms with van der Waals surface area (Å²) >= 11 is 0. The minimum Gasteiger partial charge on any atom is -0.484 e. The zero-order chi connectivity index (χ0) is 17.4. The second kappa shape index (κ2) is 8.69. The second-order valence-electron chi connectivity index (χ2n) is 5.22. The fourth-order valence-corrected chi connectivity index (χ4v) is 2.14. The van der Waals surface area contributed by atoms with E-state index in [1.165, 1.54) is 0 Å². The van der Waals surface area contributed by atoms with Crippen LogP contribution in [-0.2, 0) is 22.7 Å². The van der Waals surface area contributed by atoms with Gasteiger partial charge in [-0.15, -0.1) is 0 Å².